The summed E-state index contributed by atoms with van der Waals surface area (Å²) in [6, 6.07) is 10.3. The highest BCUT2D eigenvalue weighted by molar-refractivity contribution is 6.29. The van der Waals surface area contributed by atoms with Crippen LogP contribution in [-0.4, -0.2) is 30.1 Å². The van der Waals surface area contributed by atoms with Gasteiger partial charge in [0.15, 0.2) is 0 Å². The van der Waals surface area contributed by atoms with E-state index in [2.05, 4.69) is 15.3 Å². The molecule has 3 rings (SSSR count). The van der Waals surface area contributed by atoms with E-state index >= 15 is 0 Å². The third-order valence-electron chi connectivity index (χ3n) is 3.32. The van der Waals surface area contributed by atoms with Crippen LogP contribution in [0.4, 0.5) is 5.69 Å². The Bertz CT molecular complexity index is 854. The van der Waals surface area contributed by atoms with Gasteiger partial charge in [-0.1, -0.05) is 0 Å². The van der Waals surface area contributed by atoms with Gasteiger partial charge in [-0.2, -0.15) is 0 Å². The van der Waals surface area contributed by atoms with E-state index in [1.54, 1.807) is 36.4 Å². The standard InChI is InChI=1S/C16H14ClN3O3/c1-22-11-5-9(6-12(8-11)23-2)15(21)18-10-3-4-13-14(7-10)20-16(17)19-13/h3-8H,1-2H3,(H,18,21)(H,19,20). The van der Waals surface area contributed by atoms with Crippen molar-refractivity contribution in [2.75, 3.05) is 19.5 Å². The molecule has 0 spiro atoms. The number of hydrogen-bond donors (Lipinski definition) is 2. The summed E-state index contributed by atoms with van der Waals surface area (Å²) in [5.74, 6) is 0.822. The molecular weight excluding hydrogens is 318 g/mol. The van der Waals surface area contributed by atoms with Crippen LogP contribution in [0, 0.1) is 0 Å². The summed E-state index contributed by atoms with van der Waals surface area (Å²) in [6.45, 7) is 0. The molecule has 7 heteroatoms. The zero-order chi connectivity index (χ0) is 16.4. The van der Waals surface area contributed by atoms with Crippen molar-refractivity contribution >= 4 is 34.2 Å². The average Bonchev–Trinajstić information content (AvgIpc) is 2.93. The Kier molecular flexibility index (Phi) is 4.08. The first-order chi connectivity index (χ1) is 11.1. The topological polar surface area (TPSA) is 76.2 Å². The normalized spacial score (nSPS) is 10.6. The van der Waals surface area contributed by atoms with Crippen LogP contribution in [0.15, 0.2) is 36.4 Å². The molecule has 1 aromatic heterocycles. The molecule has 0 atom stereocenters. The second kappa shape index (κ2) is 6.18. The van der Waals surface area contributed by atoms with Gasteiger partial charge in [-0.05, 0) is 41.9 Å². The minimum absolute atomic E-state index is 0.271. The lowest BCUT2D eigenvalue weighted by Crippen LogP contribution is -2.12. The van der Waals surface area contributed by atoms with Crippen LogP contribution in [0.25, 0.3) is 11.0 Å². The van der Waals surface area contributed by atoms with Gasteiger partial charge in [0.05, 0.1) is 25.3 Å². The average molecular weight is 332 g/mol. The number of rotatable bonds is 4. The van der Waals surface area contributed by atoms with Crippen LogP contribution in [0.5, 0.6) is 11.5 Å². The summed E-state index contributed by atoms with van der Waals surface area (Å²) in [5.41, 5.74) is 2.54. The summed E-state index contributed by atoms with van der Waals surface area (Å²) >= 11 is 5.82. The summed E-state index contributed by atoms with van der Waals surface area (Å²) in [6.07, 6.45) is 0. The van der Waals surface area contributed by atoms with Gasteiger partial charge in [0.2, 0.25) is 5.28 Å². The molecule has 2 aromatic carbocycles. The lowest BCUT2D eigenvalue weighted by Gasteiger charge is -2.09. The van der Waals surface area contributed by atoms with Gasteiger partial charge >= 0.3 is 0 Å². The second-order valence-electron chi connectivity index (χ2n) is 4.82. The first kappa shape index (κ1) is 15.2. The van der Waals surface area contributed by atoms with Crippen molar-refractivity contribution in [1.29, 1.82) is 0 Å². The molecule has 0 unspecified atom stereocenters. The van der Waals surface area contributed by atoms with E-state index in [-0.39, 0.29) is 5.91 Å². The number of aromatic nitrogens is 2. The number of fused-ring (bicyclic) bond motifs is 1. The molecule has 3 aromatic rings. The summed E-state index contributed by atoms with van der Waals surface area (Å²) in [5, 5.41) is 3.13. The molecule has 6 nitrogen and oxygen atoms in total. The van der Waals surface area contributed by atoms with Crippen molar-refractivity contribution in [2.24, 2.45) is 0 Å². The lowest BCUT2D eigenvalue weighted by atomic mass is 10.1. The van der Waals surface area contributed by atoms with Crippen molar-refractivity contribution in [2.45, 2.75) is 0 Å². The number of methoxy groups -OCH3 is 2. The van der Waals surface area contributed by atoms with Crippen LogP contribution >= 0.6 is 11.6 Å². The maximum absolute atomic E-state index is 12.4. The molecule has 0 bridgehead atoms. The number of benzene rings is 2. The number of carbonyl (C=O) groups is 1. The fraction of sp³-hybridized carbons (Fsp3) is 0.125. The molecule has 0 saturated heterocycles. The zero-order valence-electron chi connectivity index (χ0n) is 12.5. The van der Waals surface area contributed by atoms with E-state index < -0.39 is 0 Å². The minimum Gasteiger partial charge on any atom is -0.497 e. The van der Waals surface area contributed by atoms with E-state index in [0.717, 1.165) is 11.0 Å². The number of halogens is 1. The third-order valence-corrected chi connectivity index (χ3v) is 3.50. The van der Waals surface area contributed by atoms with Crippen molar-refractivity contribution in [1.82, 2.24) is 9.97 Å². The number of imidazole rings is 1. The Morgan fingerprint density at radius 1 is 1.13 bits per heavy atom. The van der Waals surface area contributed by atoms with E-state index in [0.29, 0.717) is 28.0 Å². The molecule has 1 heterocycles. The van der Waals surface area contributed by atoms with E-state index in [1.807, 2.05) is 0 Å². The highest BCUT2D eigenvalue weighted by Gasteiger charge is 2.11. The number of aromatic amines is 1. The van der Waals surface area contributed by atoms with Gasteiger partial charge in [-0.25, -0.2) is 4.98 Å². The van der Waals surface area contributed by atoms with E-state index in [1.165, 1.54) is 14.2 Å². The maximum Gasteiger partial charge on any atom is 0.255 e. The van der Waals surface area contributed by atoms with Crippen molar-refractivity contribution in [3.05, 3.63) is 47.2 Å². The molecule has 0 aliphatic rings. The monoisotopic (exact) mass is 331 g/mol. The van der Waals surface area contributed by atoms with Crippen LogP contribution < -0.4 is 14.8 Å². The Hall–Kier alpha value is -2.73. The summed E-state index contributed by atoms with van der Waals surface area (Å²) in [7, 11) is 3.07. The Morgan fingerprint density at radius 3 is 2.48 bits per heavy atom. The quantitative estimate of drug-likeness (QED) is 0.767. The first-order valence-electron chi connectivity index (χ1n) is 6.79. The van der Waals surface area contributed by atoms with Crippen molar-refractivity contribution < 1.29 is 14.3 Å². The molecule has 1 amide bonds. The van der Waals surface area contributed by atoms with Gasteiger partial charge < -0.3 is 19.8 Å². The molecule has 23 heavy (non-hydrogen) atoms. The molecular formula is C16H14ClN3O3. The summed E-state index contributed by atoms with van der Waals surface area (Å²) in [4.78, 5) is 19.4. The molecule has 0 radical (unpaired) electrons. The van der Waals surface area contributed by atoms with Crippen molar-refractivity contribution in [3.8, 4) is 11.5 Å². The largest absolute Gasteiger partial charge is 0.497 e. The van der Waals surface area contributed by atoms with Crippen LogP contribution in [-0.2, 0) is 0 Å². The van der Waals surface area contributed by atoms with Gasteiger partial charge in [0.25, 0.3) is 5.91 Å². The number of nitrogens with one attached hydrogen (secondary N) is 2. The molecule has 0 aliphatic carbocycles. The number of hydrogen-bond acceptors (Lipinski definition) is 4. The number of H-pyrrole nitrogens is 1. The Balaban J connectivity index is 1.87. The SMILES string of the molecule is COc1cc(OC)cc(C(=O)Nc2ccc3nc(Cl)[nH]c3c2)c1. The van der Waals surface area contributed by atoms with Gasteiger partial charge in [-0.15, -0.1) is 0 Å². The number of ether oxygens (including phenoxy) is 2. The molecule has 0 saturated carbocycles. The highest BCUT2D eigenvalue weighted by atomic mass is 35.5. The molecule has 0 fully saturated rings. The fourth-order valence-electron chi connectivity index (χ4n) is 2.20. The van der Waals surface area contributed by atoms with Crippen LogP contribution in [0.3, 0.4) is 0 Å². The smallest absolute Gasteiger partial charge is 0.255 e. The molecule has 2 N–H and O–H groups in total. The third kappa shape index (κ3) is 3.22. The fourth-order valence-corrected chi connectivity index (χ4v) is 2.39. The van der Waals surface area contributed by atoms with Crippen LogP contribution in [0.2, 0.25) is 5.28 Å². The minimum atomic E-state index is -0.271. The lowest BCUT2D eigenvalue weighted by molar-refractivity contribution is 0.102. The second-order valence-corrected chi connectivity index (χ2v) is 5.17. The van der Waals surface area contributed by atoms with Gasteiger partial charge in [0.1, 0.15) is 11.5 Å². The van der Waals surface area contributed by atoms with E-state index in [4.69, 9.17) is 21.1 Å². The molecule has 118 valence electrons. The first-order valence-corrected chi connectivity index (χ1v) is 7.16. The number of anilines is 1. The van der Waals surface area contributed by atoms with Gasteiger partial charge in [-0.3, -0.25) is 4.79 Å². The Morgan fingerprint density at radius 2 is 1.83 bits per heavy atom. The highest BCUT2D eigenvalue weighted by Crippen LogP contribution is 2.24. The van der Waals surface area contributed by atoms with Crippen molar-refractivity contribution in [3.63, 3.8) is 0 Å². The number of nitrogens with zero attached hydrogens (tertiary/aromatic N) is 1. The van der Waals surface area contributed by atoms with Crippen LogP contribution in [0.1, 0.15) is 10.4 Å². The predicted octanol–water partition coefficient (Wildman–Crippen LogP) is 3.49. The summed E-state index contributed by atoms with van der Waals surface area (Å²) < 4.78 is 10.3. The zero-order valence-corrected chi connectivity index (χ0v) is 13.3. The maximum atomic E-state index is 12.4. The number of amides is 1. The predicted molar refractivity (Wildman–Crippen MR) is 88.6 cm³/mol. The van der Waals surface area contributed by atoms with Gasteiger partial charge in [0, 0.05) is 17.3 Å². The molecule has 0 aliphatic heterocycles. The van der Waals surface area contributed by atoms with E-state index in [9.17, 15) is 4.79 Å². The number of carbonyl (C=O) groups excluding carboxylic acids is 1. The Labute approximate surface area is 137 Å².